The van der Waals surface area contributed by atoms with E-state index in [1.54, 1.807) is 17.5 Å². The van der Waals surface area contributed by atoms with Crippen LogP contribution < -0.4 is 11.1 Å². The Hall–Kier alpha value is -0.360. The monoisotopic (exact) mass is 339 g/mol. The molecule has 1 aliphatic rings. The molecule has 0 radical (unpaired) electrons. The van der Waals surface area contributed by atoms with Gasteiger partial charge < -0.3 is 11.1 Å². The molecule has 1 heterocycles. The van der Waals surface area contributed by atoms with Crippen LogP contribution in [0.2, 0.25) is 0 Å². The standard InChI is InChI=1S/C13H21N3OS.2ClH/c1-9(10(2)14)11(17)16-13(5-3-4-6-13)12-15-7-8-18-12;;/h7-10H,3-6,14H2,1-2H3,(H,16,17);2*1H. The first-order valence-corrected chi connectivity index (χ1v) is 7.41. The molecule has 1 aromatic rings. The molecule has 1 saturated carbocycles. The van der Waals surface area contributed by atoms with Gasteiger partial charge in [0.15, 0.2) is 0 Å². The zero-order chi connectivity index (χ0) is 13.2. The smallest absolute Gasteiger partial charge is 0.225 e. The van der Waals surface area contributed by atoms with Crippen molar-refractivity contribution in [1.82, 2.24) is 10.3 Å². The molecule has 0 bridgehead atoms. The Morgan fingerprint density at radius 3 is 2.45 bits per heavy atom. The topological polar surface area (TPSA) is 68.0 Å². The van der Waals surface area contributed by atoms with E-state index in [-0.39, 0.29) is 48.2 Å². The summed E-state index contributed by atoms with van der Waals surface area (Å²) < 4.78 is 0. The van der Waals surface area contributed by atoms with Crippen LogP contribution in [0.25, 0.3) is 0 Å². The van der Waals surface area contributed by atoms with Crippen molar-refractivity contribution in [3.63, 3.8) is 0 Å². The lowest BCUT2D eigenvalue weighted by Gasteiger charge is -2.30. The van der Waals surface area contributed by atoms with E-state index in [4.69, 9.17) is 5.73 Å². The molecule has 7 heteroatoms. The van der Waals surface area contributed by atoms with Crippen LogP contribution in [0.4, 0.5) is 0 Å². The summed E-state index contributed by atoms with van der Waals surface area (Å²) in [7, 11) is 0. The lowest BCUT2D eigenvalue weighted by molar-refractivity contribution is -0.127. The van der Waals surface area contributed by atoms with Crippen LogP contribution in [-0.4, -0.2) is 16.9 Å². The number of carbonyl (C=O) groups is 1. The highest BCUT2D eigenvalue weighted by molar-refractivity contribution is 7.09. The highest BCUT2D eigenvalue weighted by atomic mass is 35.5. The summed E-state index contributed by atoms with van der Waals surface area (Å²) in [6, 6.07) is -0.125. The van der Waals surface area contributed by atoms with Gasteiger partial charge in [0, 0.05) is 23.5 Å². The van der Waals surface area contributed by atoms with Crippen LogP contribution >= 0.6 is 36.2 Å². The largest absolute Gasteiger partial charge is 0.344 e. The molecule has 1 fully saturated rings. The van der Waals surface area contributed by atoms with Gasteiger partial charge in [0.2, 0.25) is 5.91 Å². The Kier molecular flexibility index (Phi) is 8.03. The number of aromatic nitrogens is 1. The Balaban J connectivity index is 0.00000180. The van der Waals surface area contributed by atoms with Crippen molar-refractivity contribution in [2.45, 2.75) is 51.1 Å². The van der Waals surface area contributed by atoms with Crippen molar-refractivity contribution in [3.8, 4) is 0 Å². The SMILES string of the molecule is CC(N)C(C)C(=O)NC1(c2nccs2)CCCC1.Cl.Cl. The second-order valence-electron chi connectivity index (χ2n) is 5.26. The summed E-state index contributed by atoms with van der Waals surface area (Å²) in [5.74, 6) is -0.121. The van der Waals surface area contributed by atoms with Crippen LogP contribution in [0.1, 0.15) is 44.5 Å². The summed E-state index contributed by atoms with van der Waals surface area (Å²) in [5, 5.41) is 6.21. The third-order valence-electron chi connectivity index (χ3n) is 3.86. The number of carbonyl (C=O) groups excluding carboxylic acids is 1. The van der Waals surface area contributed by atoms with Gasteiger partial charge in [0.05, 0.1) is 5.54 Å². The van der Waals surface area contributed by atoms with E-state index in [1.165, 1.54) is 0 Å². The molecule has 4 nitrogen and oxygen atoms in total. The summed E-state index contributed by atoms with van der Waals surface area (Å²) in [5.41, 5.74) is 5.56. The molecular weight excluding hydrogens is 317 g/mol. The Labute approximate surface area is 136 Å². The first-order valence-electron chi connectivity index (χ1n) is 6.53. The molecule has 1 aliphatic carbocycles. The van der Waals surface area contributed by atoms with Crippen LogP contribution in [-0.2, 0) is 10.3 Å². The fourth-order valence-electron chi connectivity index (χ4n) is 2.42. The number of halogens is 2. The molecule has 0 aromatic carbocycles. The molecule has 20 heavy (non-hydrogen) atoms. The summed E-state index contributed by atoms with van der Waals surface area (Å²) in [6.07, 6.45) is 6.07. The minimum Gasteiger partial charge on any atom is -0.344 e. The Morgan fingerprint density at radius 1 is 1.40 bits per heavy atom. The van der Waals surface area contributed by atoms with Gasteiger partial charge in [-0.25, -0.2) is 4.98 Å². The average Bonchev–Trinajstić information content (AvgIpc) is 2.98. The Bertz CT molecular complexity index is 406. The number of nitrogens with one attached hydrogen (secondary N) is 1. The van der Waals surface area contributed by atoms with Gasteiger partial charge in [0.1, 0.15) is 5.01 Å². The number of nitrogens with zero attached hydrogens (tertiary/aromatic N) is 1. The van der Waals surface area contributed by atoms with E-state index in [0.29, 0.717) is 0 Å². The first kappa shape index (κ1) is 19.6. The minimum absolute atomic E-state index is 0. The second kappa shape index (κ2) is 8.17. The third kappa shape index (κ3) is 4.07. The number of thiazole rings is 1. The van der Waals surface area contributed by atoms with Gasteiger partial charge in [-0.05, 0) is 19.8 Å². The Morgan fingerprint density at radius 2 is 2.00 bits per heavy atom. The van der Waals surface area contributed by atoms with Crippen LogP contribution in [0, 0.1) is 5.92 Å². The maximum absolute atomic E-state index is 12.2. The van der Waals surface area contributed by atoms with Crippen LogP contribution in [0.15, 0.2) is 11.6 Å². The maximum Gasteiger partial charge on any atom is 0.225 e. The number of amides is 1. The van der Waals surface area contributed by atoms with Crippen molar-refractivity contribution in [3.05, 3.63) is 16.6 Å². The highest BCUT2D eigenvalue weighted by Crippen LogP contribution is 2.39. The fourth-order valence-corrected chi connectivity index (χ4v) is 3.27. The van der Waals surface area contributed by atoms with Gasteiger partial charge in [-0.3, -0.25) is 4.79 Å². The van der Waals surface area contributed by atoms with Gasteiger partial charge in [-0.1, -0.05) is 19.8 Å². The molecule has 116 valence electrons. The number of hydrogen-bond acceptors (Lipinski definition) is 4. The number of hydrogen-bond donors (Lipinski definition) is 2. The summed E-state index contributed by atoms with van der Waals surface area (Å²) in [6.45, 7) is 3.75. The second-order valence-corrected chi connectivity index (χ2v) is 6.16. The summed E-state index contributed by atoms with van der Waals surface area (Å²) >= 11 is 1.62. The molecule has 3 N–H and O–H groups in total. The van der Waals surface area contributed by atoms with Crippen molar-refractivity contribution < 1.29 is 4.79 Å². The van der Waals surface area contributed by atoms with E-state index in [2.05, 4.69) is 10.3 Å². The molecule has 0 spiro atoms. The molecule has 2 atom stereocenters. The van der Waals surface area contributed by atoms with Gasteiger partial charge in [-0.2, -0.15) is 0 Å². The van der Waals surface area contributed by atoms with E-state index in [9.17, 15) is 4.79 Å². The molecule has 1 amide bonds. The van der Waals surface area contributed by atoms with Crippen molar-refractivity contribution in [2.75, 3.05) is 0 Å². The lowest BCUT2D eigenvalue weighted by Crippen LogP contribution is -2.48. The number of rotatable bonds is 4. The molecule has 1 aromatic heterocycles. The summed E-state index contributed by atoms with van der Waals surface area (Å²) in [4.78, 5) is 16.6. The first-order chi connectivity index (χ1) is 8.55. The maximum atomic E-state index is 12.2. The average molecular weight is 340 g/mol. The molecule has 0 saturated heterocycles. The molecule has 2 rings (SSSR count). The van der Waals surface area contributed by atoms with Crippen LogP contribution in [0.5, 0.6) is 0 Å². The van der Waals surface area contributed by atoms with Gasteiger partial charge in [-0.15, -0.1) is 36.2 Å². The molecule has 2 unspecified atom stereocenters. The van der Waals surface area contributed by atoms with E-state index < -0.39 is 0 Å². The third-order valence-corrected chi connectivity index (χ3v) is 4.84. The van der Waals surface area contributed by atoms with Crippen molar-refractivity contribution in [2.24, 2.45) is 11.7 Å². The highest BCUT2D eigenvalue weighted by Gasteiger charge is 2.40. The van der Waals surface area contributed by atoms with Gasteiger partial charge in [0.25, 0.3) is 0 Å². The van der Waals surface area contributed by atoms with E-state index in [0.717, 1.165) is 30.7 Å². The van der Waals surface area contributed by atoms with Crippen LogP contribution in [0.3, 0.4) is 0 Å². The van der Waals surface area contributed by atoms with E-state index >= 15 is 0 Å². The van der Waals surface area contributed by atoms with Gasteiger partial charge >= 0.3 is 0 Å². The molecule has 0 aliphatic heterocycles. The molecular formula is C13H23Cl2N3OS. The predicted molar refractivity (Wildman–Crippen MR) is 87.7 cm³/mol. The zero-order valence-corrected chi connectivity index (χ0v) is 14.2. The zero-order valence-electron chi connectivity index (χ0n) is 11.8. The van der Waals surface area contributed by atoms with E-state index in [1.807, 2.05) is 19.2 Å². The normalized spacial score (nSPS) is 19.4. The van der Waals surface area contributed by atoms with Crippen molar-refractivity contribution >= 4 is 42.1 Å². The number of nitrogens with two attached hydrogens (primary N) is 1. The lowest BCUT2D eigenvalue weighted by atomic mass is 9.95. The quantitative estimate of drug-likeness (QED) is 0.886. The predicted octanol–water partition coefficient (Wildman–Crippen LogP) is 2.86. The van der Waals surface area contributed by atoms with Crippen molar-refractivity contribution in [1.29, 1.82) is 0 Å². The minimum atomic E-state index is -0.242. The fraction of sp³-hybridized carbons (Fsp3) is 0.692.